The number of fused-ring (bicyclic) bond motifs is 5. The number of H-pyrrole nitrogens is 1. The van der Waals surface area contributed by atoms with Gasteiger partial charge in [0, 0.05) is 85.4 Å². The number of aliphatic hydroxyl groups excluding tert-OH is 3. The number of hydrogen-bond acceptors (Lipinski definition) is 22. The summed E-state index contributed by atoms with van der Waals surface area (Å²) >= 11 is 1.50. The van der Waals surface area contributed by atoms with Crippen LogP contribution in [0.3, 0.4) is 0 Å². The fraction of sp³-hybridized carbons (Fsp3) is 0.645. The van der Waals surface area contributed by atoms with Crippen molar-refractivity contribution in [2.45, 2.75) is 126 Å². The molecule has 4 aliphatic rings. The van der Waals surface area contributed by atoms with Crippen molar-refractivity contribution in [2.24, 2.45) is 29.4 Å². The molecule has 526 valence electrons. The van der Waals surface area contributed by atoms with E-state index in [4.69, 9.17) is 29.4 Å². The molecular weight excluding hydrogens is 1280 g/mol. The van der Waals surface area contributed by atoms with E-state index in [0.717, 1.165) is 9.80 Å². The maximum Gasteiger partial charge on any atom is 0.253 e. The lowest BCUT2D eigenvalue weighted by molar-refractivity contribution is -0.144. The lowest BCUT2D eigenvalue weighted by Crippen LogP contribution is -2.60. The summed E-state index contributed by atoms with van der Waals surface area (Å²) in [4.78, 5) is 169. The smallest absolute Gasteiger partial charge is 0.253 e. The number of Topliss-reactive ketones (excluding diaryl/α,β-unsaturated/α-hetero) is 2. The van der Waals surface area contributed by atoms with Crippen molar-refractivity contribution in [3.8, 4) is 5.75 Å². The minimum absolute atomic E-state index is 0.0903. The van der Waals surface area contributed by atoms with Crippen LogP contribution in [0, 0.1) is 23.7 Å². The number of methoxy groups -OCH3 is 1. The molecule has 33 heteroatoms. The standard InChI is InChI=1S/C62H90N10O21S2/c1-5-35(2)41-26-38(74)29-65-57(83)37-24-42-40-8-9-49(89-4)43(33-94-23-7-6-13-64-51(79)12-15-90-17-19-92-21-22-93-20-18-91-16-14-71-53(81)10-11-54(71)82)56(40)70-61(42)95(88)34-45(67-52(80)30-66-58(41)84)59(85)68-44(28-50(63)78)62(87)72-31-39(75)27-46(72)60(86)69-55(47(76)25-37)36(3)48(77)32-73/h8-11,35-37,39,41,44-46,48,55,70,73,75,77H,5-7,12-34H2,1-4H3,(H2,63,78)(H,64,79)(H,65,83)(H,66,84)(H,67,80)(H,68,85)(H,69,86)/t35-,36-,37+,39+,41-,44-,45-,46-,48-,55-,95?/m0/s1. The second kappa shape index (κ2) is 38.5. The molecule has 5 heterocycles. The second-order valence-electron chi connectivity index (χ2n) is 23.7. The monoisotopic (exact) mass is 1370 g/mol. The molecular formula is C62H90N10O21S2. The number of aromatic nitrogens is 1. The number of nitrogens with two attached hydrogens (primary N) is 1. The number of aromatic amines is 1. The van der Waals surface area contributed by atoms with Gasteiger partial charge in [0.2, 0.25) is 47.3 Å². The molecule has 4 aliphatic heterocycles. The SMILES string of the molecule is CC[C@H](C)[C@@H]1CC(=O)CNC(=O)[C@H]2CC(=O)[C@H]([C@@H](C)[C@@H](O)CO)NC(=O)[C@@H]3C[C@@H](O)CN3C(=O)[C@H](CC(N)=O)NC(=O)[C@H](CS(=O)c3[nH]c4c(CSCCCCNC(=O)CCOCCOCCOCCOCCN5C(=O)C=CC5=O)c(OC)ccc4c3C2)NC(=O)CNC1=O. The first kappa shape index (κ1) is 76.8. The molecule has 2 bridgehead atoms. The highest BCUT2D eigenvalue weighted by atomic mass is 32.2. The number of hydrogen-bond donors (Lipinski definition) is 11. The van der Waals surface area contributed by atoms with Crippen LogP contribution in [-0.2, 0) is 99.5 Å². The Morgan fingerprint density at radius 2 is 1.48 bits per heavy atom. The van der Waals surface area contributed by atoms with Crippen LogP contribution in [0.25, 0.3) is 10.9 Å². The van der Waals surface area contributed by atoms with E-state index in [0.29, 0.717) is 73.6 Å². The number of carbonyl (C=O) groups excluding carboxylic acids is 12. The van der Waals surface area contributed by atoms with Crippen LogP contribution >= 0.6 is 11.8 Å². The molecule has 1 unspecified atom stereocenters. The van der Waals surface area contributed by atoms with Crippen molar-refractivity contribution in [1.82, 2.24) is 46.7 Å². The van der Waals surface area contributed by atoms with Gasteiger partial charge in [-0.1, -0.05) is 27.2 Å². The molecule has 12 N–H and O–H groups in total. The molecule has 6 rings (SSSR count). The number of benzene rings is 1. The molecule has 0 spiro atoms. The largest absolute Gasteiger partial charge is 0.496 e. The van der Waals surface area contributed by atoms with Gasteiger partial charge in [-0.15, -0.1) is 0 Å². The molecule has 1 saturated heterocycles. The first-order valence-electron chi connectivity index (χ1n) is 31.8. The van der Waals surface area contributed by atoms with Gasteiger partial charge in [0.1, 0.15) is 28.9 Å². The summed E-state index contributed by atoms with van der Waals surface area (Å²) < 4.78 is 43.1. The van der Waals surface area contributed by atoms with Gasteiger partial charge in [0.25, 0.3) is 11.8 Å². The Balaban J connectivity index is 1.21. The normalized spacial score (nSPS) is 23.9. The predicted octanol–water partition coefficient (Wildman–Crippen LogP) is -2.92. The van der Waals surface area contributed by atoms with Gasteiger partial charge in [-0.2, -0.15) is 11.8 Å². The Labute approximate surface area is 556 Å². The fourth-order valence-electron chi connectivity index (χ4n) is 11.3. The summed E-state index contributed by atoms with van der Waals surface area (Å²) in [6.07, 6.45) is -1.56. The number of thioether (sulfide) groups is 1. The second-order valence-corrected chi connectivity index (χ2v) is 26.2. The summed E-state index contributed by atoms with van der Waals surface area (Å²) in [7, 11) is -0.969. The zero-order valence-electron chi connectivity index (χ0n) is 53.9. The molecule has 1 aromatic carbocycles. The van der Waals surface area contributed by atoms with Crippen LogP contribution in [0.1, 0.15) is 83.3 Å². The minimum Gasteiger partial charge on any atom is -0.496 e. The van der Waals surface area contributed by atoms with E-state index in [1.807, 2.05) is 0 Å². The number of aliphatic hydroxyl groups is 3. The molecule has 2 aromatic rings. The number of ether oxygens (including phenoxy) is 5. The summed E-state index contributed by atoms with van der Waals surface area (Å²) in [5.74, 6) is -13.0. The Morgan fingerprint density at radius 3 is 2.14 bits per heavy atom. The van der Waals surface area contributed by atoms with Crippen LogP contribution in [0.15, 0.2) is 29.3 Å². The Morgan fingerprint density at radius 1 is 0.821 bits per heavy atom. The maximum absolute atomic E-state index is 15.4. The van der Waals surface area contributed by atoms with Gasteiger partial charge in [-0.25, -0.2) is 0 Å². The topological polar surface area (TPSA) is 449 Å². The van der Waals surface area contributed by atoms with Gasteiger partial charge in [-0.3, -0.25) is 66.6 Å². The van der Waals surface area contributed by atoms with Crippen LogP contribution < -0.4 is 42.4 Å². The average Bonchev–Trinajstić information content (AvgIpc) is 1.63. The van der Waals surface area contributed by atoms with Crippen molar-refractivity contribution in [1.29, 1.82) is 0 Å². The Bertz CT molecular complexity index is 3110. The number of ketones is 2. The molecule has 0 saturated carbocycles. The van der Waals surface area contributed by atoms with E-state index in [1.165, 1.54) is 37.9 Å². The molecule has 31 nitrogen and oxygen atoms in total. The molecule has 11 atom stereocenters. The molecule has 0 aliphatic carbocycles. The van der Waals surface area contributed by atoms with E-state index in [2.05, 4.69) is 36.9 Å². The molecule has 1 aromatic heterocycles. The highest BCUT2D eigenvalue weighted by molar-refractivity contribution is 7.98. The molecule has 1 fully saturated rings. The van der Waals surface area contributed by atoms with Crippen LogP contribution in [0.2, 0.25) is 0 Å². The number of primary amides is 1. The lowest BCUT2D eigenvalue weighted by atomic mass is 9.85. The van der Waals surface area contributed by atoms with E-state index in [-0.39, 0.29) is 86.5 Å². The van der Waals surface area contributed by atoms with Gasteiger partial charge in [0.05, 0.1) is 133 Å². The quantitative estimate of drug-likeness (QED) is 0.0276. The number of nitrogens with zero attached hydrogens (tertiary/aromatic N) is 2. The number of rotatable bonds is 30. The van der Waals surface area contributed by atoms with E-state index in [9.17, 15) is 72.9 Å². The van der Waals surface area contributed by atoms with Crippen LogP contribution in [0.4, 0.5) is 0 Å². The third-order valence-electron chi connectivity index (χ3n) is 16.9. The number of amides is 10. The average molecular weight is 1380 g/mol. The summed E-state index contributed by atoms with van der Waals surface area (Å²) in [5.41, 5.74) is 6.73. The predicted molar refractivity (Wildman–Crippen MR) is 342 cm³/mol. The number of unbranched alkanes of at least 4 members (excludes halogenated alkanes) is 1. The Kier molecular flexibility index (Phi) is 31.1. The first-order chi connectivity index (χ1) is 45.5. The lowest BCUT2D eigenvalue weighted by Gasteiger charge is -2.32. The summed E-state index contributed by atoms with van der Waals surface area (Å²) in [6.45, 7) is 4.78. The highest BCUT2D eigenvalue weighted by Gasteiger charge is 2.45. The third-order valence-corrected chi connectivity index (χ3v) is 19.4. The minimum atomic E-state index is -2.41. The summed E-state index contributed by atoms with van der Waals surface area (Å²) in [5, 5.41) is 47.8. The molecule has 95 heavy (non-hydrogen) atoms. The van der Waals surface area contributed by atoms with Crippen molar-refractivity contribution in [2.75, 3.05) is 111 Å². The van der Waals surface area contributed by atoms with Crippen molar-refractivity contribution < 1.29 is 101 Å². The molecule has 10 amide bonds. The maximum atomic E-state index is 15.4. The van der Waals surface area contributed by atoms with Gasteiger partial charge in [-0.05, 0) is 48.6 Å². The zero-order valence-corrected chi connectivity index (χ0v) is 55.6. The van der Waals surface area contributed by atoms with Gasteiger partial charge >= 0.3 is 0 Å². The van der Waals surface area contributed by atoms with Crippen molar-refractivity contribution >= 4 is 104 Å². The number of imide groups is 1. The van der Waals surface area contributed by atoms with E-state index >= 15 is 4.21 Å². The van der Waals surface area contributed by atoms with Crippen LogP contribution in [0.5, 0.6) is 5.75 Å². The first-order valence-corrected chi connectivity index (χ1v) is 34.3. The van der Waals surface area contributed by atoms with Gasteiger partial charge < -0.3 is 86.5 Å². The van der Waals surface area contributed by atoms with E-state index < -0.39 is 181 Å². The van der Waals surface area contributed by atoms with Crippen LogP contribution in [-0.4, -0.2) is 252 Å². The van der Waals surface area contributed by atoms with Crippen molar-refractivity contribution in [3.63, 3.8) is 0 Å². The summed E-state index contributed by atoms with van der Waals surface area (Å²) in [6, 6.07) is -3.68. The van der Waals surface area contributed by atoms with Gasteiger partial charge in [0.15, 0.2) is 11.6 Å². The number of nitrogens with one attached hydrogen (secondary N) is 7. The zero-order chi connectivity index (χ0) is 69.3. The molecule has 0 radical (unpaired) electrons. The highest BCUT2D eigenvalue weighted by Crippen LogP contribution is 2.37. The number of carbonyl (C=O) groups is 12. The fourth-order valence-corrected chi connectivity index (χ4v) is 13.7. The van der Waals surface area contributed by atoms with E-state index in [1.54, 1.807) is 26.0 Å². The Hall–Kier alpha value is -7.24. The third kappa shape index (κ3) is 22.7. The van der Waals surface area contributed by atoms with Crippen molar-refractivity contribution in [3.05, 3.63) is 35.4 Å².